The zero-order chi connectivity index (χ0) is 22.7. The first-order valence-electron chi connectivity index (χ1n) is 9.84. The van der Waals surface area contributed by atoms with Crippen molar-refractivity contribution in [2.24, 2.45) is 5.10 Å². The van der Waals surface area contributed by atoms with Crippen LogP contribution in [0.3, 0.4) is 0 Å². The number of carboxylic acids is 1. The molecule has 7 heteroatoms. The summed E-state index contributed by atoms with van der Waals surface area (Å²) >= 11 is 6.20. The van der Waals surface area contributed by atoms with Crippen LogP contribution < -0.4 is 9.75 Å². The Bertz CT molecular complexity index is 1230. The lowest BCUT2D eigenvalue weighted by Crippen LogP contribution is -2.21. The first-order valence-corrected chi connectivity index (χ1v) is 10.2. The third kappa shape index (κ3) is 4.55. The number of para-hydroxylation sites is 1. The number of rotatable bonds is 6. The van der Waals surface area contributed by atoms with Crippen molar-refractivity contribution in [1.29, 1.82) is 0 Å². The summed E-state index contributed by atoms with van der Waals surface area (Å²) in [5.41, 5.74) is 3.40. The second kappa shape index (κ2) is 9.08. The highest BCUT2D eigenvalue weighted by atomic mass is 35.5. The molecule has 0 unspecified atom stereocenters. The largest absolute Gasteiger partial charge is 0.488 e. The number of carbonyl (C=O) groups excluding carboxylic acids is 1. The fourth-order valence-corrected chi connectivity index (χ4v) is 3.43. The van der Waals surface area contributed by atoms with E-state index in [2.05, 4.69) is 5.10 Å². The van der Waals surface area contributed by atoms with E-state index in [4.69, 9.17) is 21.4 Å². The number of ether oxygens (including phenoxy) is 1. The van der Waals surface area contributed by atoms with Crippen molar-refractivity contribution >= 4 is 41.0 Å². The van der Waals surface area contributed by atoms with Gasteiger partial charge in [0, 0.05) is 10.6 Å². The summed E-state index contributed by atoms with van der Waals surface area (Å²) in [7, 11) is 0. The molecule has 0 fully saturated rings. The van der Waals surface area contributed by atoms with Gasteiger partial charge in [-0.15, -0.1) is 0 Å². The van der Waals surface area contributed by atoms with Gasteiger partial charge in [-0.3, -0.25) is 4.79 Å². The molecule has 0 saturated carbocycles. The number of hydrazone groups is 1. The molecule has 160 valence electrons. The van der Waals surface area contributed by atoms with Gasteiger partial charge in [-0.2, -0.15) is 10.1 Å². The van der Waals surface area contributed by atoms with E-state index in [0.717, 1.165) is 5.56 Å². The summed E-state index contributed by atoms with van der Waals surface area (Å²) in [5, 5.41) is 15.3. The van der Waals surface area contributed by atoms with Crippen LogP contribution in [-0.4, -0.2) is 22.7 Å². The number of anilines is 1. The van der Waals surface area contributed by atoms with Gasteiger partial charge in [0.25, 0.3) is 5.91 Å². The lowest BCUT2D eigenvalue weighted by molar-refractivity contribution is -0.114. The van der Waals surface area contributed by atoms with E-state index in [1.54, 1.807) is 43.3 Å². The molecule has 4 rings (SSSR count). The summed E-state index contributed by atoms with van der Waals surface area (Å²) in [4.78, 5) is 24.0. The van der Waals surface area contributed by atoms with Gasteiger partial charge < -0.3 is 9.84 Å². The minimum Gasteiger partial charge on any atom is -0.488 e. The van der Waals surface area contributed by atoms with E-state index >= 15 is 0 Å². The minimum atomic E-state index is -0.980. The molecule has 3 aromatic carbocycles. The average molecular weight is 447 g/mol. The lowest BCUT2D eigenvalue weighted by Gasteiger charge is -2.12. The van der Waals surface area contributed by atoms with Crippen LogP contribution in [0.2, 0.25) is 5.02 Å². The molecule has 1 heterocycles. The van der Waals surface area contributed by atoms with Crippen molar-refractivity contribution in [1.82, 2.24) is 0 Å². The van der Waals surface area contributed by atoms with E-state index in [9.17, 15) is 9.59 Å². The molecule has 1 aliphatic rings. The smallest absolute Gasteiger partial charge is 0.335 e. The first kappa shape index (κ1) is 21.3. The van der Waals surface area contributed by atoms with Gasteiger partial charge in [0.05, 0.1) is 22.5 Å². The van der Waals surface area contributed by atoms with Crippen molar-refractivity contribution < 1.29 is 19.4 Å². The van der Waals surface area contributed by atoms with Crippen molar-refractivity contribution in [2.75, 3.05) is 5.01 Å². The van der Waals surface area contributed by atoms with Crippen molar-refractivity contribution in [3.05, 3.63) is 100 Å². The van der Waals surface area contributed by atoms with Crippen molar-refractivity contribution in [3.8, 4) is 5.75 Å². The van der Waals surface area contributed by atoms with Gasteiger partial charge in [0.1, 0.15) is 12.4 Å². The topological polar surface area (TPSA) is 79.2 Å². The Morgan fingerprint density at radius 3 is 2.50 bits per heavy atom. The zero-order valence-corrected chi connectivity index (χ0v) is 17.9. The highest BCUT2D eigenvalue weighted by molar-refractivity contribution is 6.33. The molecule has 32 heavy (non-hydrogen) atoms. The molecule has 0 radical (unpaired) electrons. The van der Waals surface area contributed by atoms with Crippen LogP contribution in [0.1, 0.15) is 28.4 Å². The normalized spacial score (nSPS) is 14.6. The molecule has 0 spiro atoms. The maximum absolute atomic E-state index is 13.0. The molecule has 6 nitrogen and oxygen atoms in total. The number of benzene rings is 3. The quantitative estimate of drug-likeness (QED) is 0.512. The molecular weight excluding hydrogens is 428 g/mol. The fraction of sp³-hybridized carbons (Fsp3) is 0.0800. The van der Waals surface area contributed by atoms with Gasteiger partial charge in [-0.25, -0.2) is 4.79 Å². The van der Waals surface area contributed by atoms with Crippen LogP contribution in [-0.2, 0) is 11.4 Å². The standard InChI is InChI=1S/C25H19ClN2O4/c1-16-22(24(29)28(27-16)21-5-3-2-4-6-21)14-19-13-20(26)11-12-23(19)32-15-17-7-9-18(10-8-17)25(30)31/h2-14H,15H2,1H3,(H,30,31)/b22-14+. The number of aromatic carboxylic acids is 1. The first-order chi connectivity index (χ1) is 15.4. The molecule has 1 N–H and O–H groups in total. The average Bonchev–Trinajstić information content (AvgIpc) is 3.08. The number of hydrogen-bond donors (Lipinski definition) is 1. The number of carbonyl (C=O) groups is 2. The Hall–Kier alpha value is -3.90. The van der Waals surface area contributed by atoms with Gasteiger partial charge in [0.2, 0.25) is 0 Å². The van der Waals surface area contributed by atoms with Crippen molar-refractivity contribution in [3.63, 3.8) is 0 Å². The van der Waals surface area contributed by atoms with Crippen LogP contribution in [0.4, 0.5) is 5.69 Å². The zero-order valence-electron chi connectivity index (χ0n) is 17.2. The van der Waals surface area contributed by atoms with Crippen LogP contribution >= 0.6 is 11.6 Å². The SMILES string of the molecule is CC1=NN(c2ccccc2)C(=O)/C1=C/c1cc(Cl)ccc1OCc1ccc(C(=O)O)cc1. The van der Waals surface area contributed by atoms with Crippen LogP contribution in [0.25, 0.3) is 6.08 Å². The highest BCUT2D eigenvalue weighted by Gasteiger charge is 2.28. The van der Waals surface area contributed by atoms with Gasteiger partial charge >= 0.3 is 5.97 Å². The maximum atomic E-state index is 13.0. The third-order valence-corrected chi connectivity index (χ3v) is 5.17. The maximum Gasteiger partial charge on any atom is 0.335 e. The molecule has 1 amide bonds. The molecule has 0 saturated heterocycles. The minimum absolute atomic E-state index is 0.211. The molecular formula is C25H19ClN2O4. The van der Waals surface area contributed by atoms with E-state index in [1.165, 1.54) is 17.1 Å². The van der Waals surface area contributed by atoms with Gasteiger partial charge in [-0.05, 0) is 61.0 Å². The summed E-state index contributed by atoms with van der Waals surface area (Å²) in [5.74, 6) is -0.668. The Morgan fingerprint density at radius 1 is 1.09 bits per heavy atom. The van der Waals surface area contributed by atoms with Crippen molar-refractivity contribution in [2.45, 2.75) is 13.5 Å². The number of nitrogens with zero attached hydrogens (tertiary/aromatic N) is 2. The van der Waals surface area contributed by atoms with Gasteiger partial charge in [0.15, 0.2) is 0 Å². The Labute approximate surface area is 190 Å². The number of amides is 1. The van der Waals surface area contributed by atoms with E-state index in [-0.39, 0.29) is 18.1 Å². The number of halogens is 1. The van der Waals surface area contributed by atoms with Crippen LogP contribution in [0, 0.1) is 0 Å². The lowest BCUT2D eigenvalue weighted by atomic mass is 10.1. The third-order valence-electron chi connectivity index (χ3n) is 4.93. The molecule has 0 aliphatic carbocycles. The van der Waals surface area contributed by atoms with Crippen LogP contribution in [0.15, 0.2) is 83.5 Å². The number of carboxylic acid groups (broad SMARTS) is 1. The predicted octanol–water partition coefficient (Wildman–Crippen LogP) is 5.42. The Balaban J connectivity index is 1.58. The molecule has 0 atom stereocenters. The molecule has 3 aromatic rings. The Kier molecular flexibility index (Phi) is 6.05. The van der Waals surface area contributed by atoms with Gasteiger partial charge in [-0.1, -0.05) is 41.9 Å². The summed E-state index contributed by atoms with van der Waals surface area (Å²) in [6.07, 6.45) is 1.72. The van der Waals surface area contributed by atoms with E-state index < -0.39 is 5.97 Å². The summed E-state index contributed by atoms with van der Waals surface area (Å²) in [6, 6.07) is 20.8. The molecule has 1 aliphatic heterocycles. The number of hydrogen-bond acceptors (Lipinski definition) is 4. The van der Waals surface area contributed by atoms with E-state index in [1.807, 2.05) is 30.3 Å². The second-order valence-corrected chi connectivity index (χ2v) is 7.61. The predicted molar refractivity (Wildman–Crippen MR) is 124 cm³/mol. The van der Waals surface area contributed by atoms with Crippen LogP contribution in [0.5, 0.6) is 5.75 Å². The second-order valence-electron chi connectivity index (χ2n) is 7.17. The fourth-order valence-electron chi connectivity index (χ4n) is 3.25. The Morgan fingerprint density at radius 2 is 1.81 bits per heavy atom. The summed E-state index contributed by atoms with van der Waals surface area (Å²) in [6.45, 7) is 2.01. The molecule has 0 aromatic heterocycles. The molecule has 0 bridgehead atoms. The highest BCUT2D eigenvalue weighted by Crippen LogP contribution is 2.30. The summed E-state index contributed by atoms with van der Waals surface area (Å²) < 4.78 is 5.96. The van der Waals surface area contributed by atoms with E-state index in [0.29, 0.717) is 33.3 Å². The monoisotopic (exact) mass is 446 g/mol.